The minimum absolute atomic E-state index is 0.0476. The Labute approximate surface area is 206 Å². The van der Waals surface area contributed by atoms with Crippen molar-refractivity contribution in [3.05, 3.63) is 99.5 Å². The molecule has 1 heterocycles. The quantitative estimate of drug-likeness (QED) is 0.253. The number of amides is 1. The predicted molar refractivity (Wildman–Crippen MR) is 133 cm³/mol. The summed E-state index contributed by atoms with van der Waals surface area (Å²) < 4.78 is 11.8. The molecule has 174 valence electrons. The number of halogens is 1. The van der Waals surface area contributed by atoms with Crippen molar-refractivity contribution in [2.24, 2.45) is 0 Å². The van der Waals surface area contributed by atoms with Crippen molar-refractivity contribution in [2.75, 3.05) is 13.7 Å². The van der Waals surface area contributed by atoms with Crippen LogP contribution < -0.4 is 9.47 Å². The Hall–Kier alpha value is -3.58. The van der Waals surface area contributed by atoms with Gasteiger partial charge in [-0.05, 0) is 42.8 Å². The molecule has 1 atom stereocenters. The monoisotopic (exact) mass is 521 g/mol. The molecular formula is C27H24BrNO5. The normalized spacial score (nSPS) is 17.1. The summed E-state index contributed by atoms with van der Waals surface area (Å²) >= 11 is 3.38. The van der Waals surface area contributed by atoms with E-state index in [2.05, 4.69) is 15.9 Å². The van der Waals surface area contributed by atoms with Crippen LogP contribution in [0.25, 0.3) is 5.76 Å². The number of methoxy groups -OCH3 is 1. The highest BCUT2D eigenvalue weighted by Crippen LogP contribution is 2.41. The van der Waals surface area contributed by atoms with Gasteiger partial charge in [0.05, 0.1) is 31.9 Å². The molecule has 3 aromatic carbocycles. The number of nitrogens with zero attached hydrogens (tertiary/aromatic N) is 1. The molecule has 4 rings (SSSR count). The average molecular weight is 522 g/mol. The third-order valence-corrected chi connectivity index (χ3v) is 6.23. The standard InChI is InChI=1S/C27H24BrNO5/c1-3-34-21-14-10-17(11-15-21)24-23(25(30)18-8-12-20(28)13-9-18)26(31)27(32)29(24)16-19-6-4-5-7-22(19)33-2/h4-15,24,30H,3,16H2,1-2H3/b25-23+. The van der Waals surface area contributed by atoms with Gasteiger partial charge in [0.2, 0.25) is 0 Å². The van der Waals surface area contributed by atoms with Crippen LogP contribution in [-0.4, -0.2) is 35.4 Å². The van der Waals surface area contributed by atoms with Gasteiger partial charge >= 0.3 is 0 Å². The number of rotatable bonds is 7. The third kappa shape index (κ3) is 4.56. The maximum atomic E-state index is 13.2. The fourth-order valence-electron chi connectivity index (χ4n) is 4.08. The van der Waals surface area contributed by atoms with Crippen LogP contribution in [0.1, 0.15) is 29.7 Å². The number of aliphatic hydroxyl groups is 1. The lowest BCUT2D eigenvalue weighted by atomic mass is 9.95. The summed E-state index contributed by atoms with van der Waals surface area (Å²) in [5.74, 6) is -0.325. The van der Waals surface area contributed by atoms with E-state index in [0.29, 0.717) is 29.2 Å². The van der Waals surface area contributed by atoms with Gasteiger partial charge in [0.1, 0.15) is 17.3 Å². The number of aliphatic hydroxyl groups excluding tert-OH is 1. The maximum Gasteiger partial charge on any atom is 0.295 e. The van der Waals surface area contributed by atoms with E-state index in [0.717, 1.165) is 10.0 Å². The number of hydrogen-bond acceptors (Lipinski definition) is 5. The number of benzene rings is 3. The molecule has 1 amide bonds. The highest BCUT2D eigenvalue weighted by Gasteiger charge is 2.46. The molecule has 1 N–H and O–H groups in total. The van der Waals surface area contributed by atoms with Gasteiger partial charge in [0.25, 0.3) is 11.7 Å². The van der Waals surface area contributed by atoms with E-state index in [1.54, 1.807) is 49.6 Å². The first kappa shape index (κ1) is 23.6. The van der Waals surface area contributed by atoms with E-state index >= 15 is 0 Å². The van der Waals surface area contributed by atoms with Crippen molar-refractivity contribution in [3.8, 4) is 11.5 Å². The maximum absolute atomic E-state index is 13.2. The largest absolute Gasteiger partial charge is 0.507 e. The van der Waals surface area contributed by atoms with Gasteiger partial charge in [-0.25, -0.2) is 0 Å². The van der Waals surface area contributed by atoms with Gasteiger partial charge in [-0.3, -0.25) is 9.59 Å². The zero-order chi connectivity index (χ0) is 24.2. The molecule has 1 aliphatic rings. The summed E-state index contributed by atoms with van der Waals surface area (Å²) in [5, 5.41) is 11.2. The van der Waals surface area contributed by atoms with E-state index in [9.17, 15) is 14.7 Å². The van der Waals surface area contributed by atoms with Gasteiger partial charge in [0.15, 0.2) is 0 Å². The lowest BCUT2D eigenvalue weighted by Crippen LogP contribution is -2.29. The van der Waals surface area contributed by atoms with E-state index in [1.807, 2.05) is 37.3 Å². The van der Waals surface area contributed by atoms with Crippen molar-refractivity contribution in [1.29, 1.82) is 0 Å². The highest BCUT2D eigenvalue weighted by molar-refractivity contribution is 9.10. The van der Waals surface area contributed by atoms with Crippen molar-refractivity contribution >= 4 is 33.4 Å². The van der Waals surface area contributed by atoms with Gasteiger partial charge in [-0.2, -0.15) is 0 Å². The van der Waals surface area contributed by atoms with Crippen LogP contribution in [0.2, 0.25) is 0 Å². The van der Waals surface area contributed by atoms with Crippen molar-refractivity contribution < 1.29 is 24.2 Å². The van der Waals surface area contributed by atoms with Gasteiger partial charge < -0.3 is 19.5 Å². The molecule has 1 unspecified atom stereocenters. The third-order valence-electron chi connectivity index (χ3n) is 5.70. The Morgan fingerprint density at radius 2 is 1.68 bits per heavy atom. The Balaban J connectivity index is 1.84. The fourth-order valence-corrected chi connectivity index (χ4v) is 4.35. The zero-order valence-electron chi connectivity index (χ0n) is 18.8. The number of Topliss-reactive ketones (excluding diaryl/α,β-unsaturated/α-hetero) is 1. The van der Waals surface area contributed by atoms with Crippen LogP contribution in [0.15, 0.2) is 82.8 Å². The zero-order valence-corrected chi connectivity index (χ0v) is 20.4. The molecule has 1 fully saturated rings. The fraction of sp³-hybridized carbons (Fsp3) is 0.185. The average Bonchev–Trinajstić information content (AvgIpc) is 3.10. The summed E-state index contributed by atoms with van der Waals surface area (Å²) in [7, 11) is 1.56. The van der Waals surface area contributed by atoms with Crippen LogP contribution in [0.4, 0.5) is 0 Å². The minimum atomic E-state index is -0.774. The highest BCUT2D eigenvalue weighted by atomic mass is 79.9. The van der Waals surface area contributed by atoms with Gasteiger partial charge in [-0.1, -0.05) is 58.4 Å². The summed E-state index contributed by atoms with van der Waals surface area (Å²) in [6, 6.07) is 20.7. The molecule has 34 heavy (non-hydrogen) atoms. The van der Waals surface area contributed by atoms with E-state index in [-0.39, 0.29) is 17.9 Å². The second-order valence-electron chi connectivity index (χ2n) is 7.75. The van der Waals surface area contributed by atoms with Crippen molar-refractivity contribution in [2.45, 2.75) is 19.5 Å². The molecule has 1 saturated heterocycles. The van der Waals surface area contributed by atoms with Crippen LogP contribution >= 0.6 is 15.9 Å². The number of carbonyl (C=O) groups is 2. The second kappa shape index (κ2) is 10.1. The van der Waals surface area contributed by atoms with Gasteiger partial charge in [0, 0.05) is 15.6 Å². The first-order chi connectivity index (χ1) is 16.4. The van der Waals surface area contributed by atoms with Crippen molar-refractivity contribution in [1.82, 2.24) is 4.90 Å². The molecule has 7 heteroatoms. The van der Waals surface area contributed by atoms with Crippen LogP contribution in [0.5, 0.6) is 11.5 Å². The number of hydrogen-bond donors (Lipinski definition) is 1. The lowest BCUT2D eigenvalue weighted by Gasteiger charge is -2.26. The SMILES string of the molecule is CCOc1ccc(C2/C(=C(\O)c3ccc(Br)cc3)C(=O)C(=O)N2Cc2ccccc2OC)cc1. The Bertz CT molecular complexity index is 1230. The minimum Gasteiger partial charge on any atom is -0.507 e. The lowest BCUT2D eigenvalue weighted by molar-refractivity contribution is -0.140. The molecule has 1 aliphatic heterocycles. The molecule has 6 nitrogen and oxygen atoms in total. The Morgan fingerprint density at radius 3 is 2.32 bits per heavy atom. The number of para-hydroxylation sites is 1. The van der Waals surface area contributed by atoms with Crippen LogP contribution in [-0.2, 0) is 16.1 Å². The number of likely N-dealkylation sites (tertiary alicyclic amines) is 1. The van der Waals surface area contributed by atoms with Crippen LogP contribution in [0.3, 0.4) is 0 Å². The Morgan fingerprint density at radius 1 is 1.00 bits per heavy atom. The predicted octanol–water partition coefficient (Wildman–Crippen LogP) is 5.48. The number of ketones is 1. The van der Waals surface area contributed by atoms with E-state index in [4.69, 9.17) is 9.47 Å². The van der Waals surface area contributed by atoms with Crippen molar-refractivity contribution in [3.63, 3.8) is 0 Å². The summed E-state index contributed by atoms with van der Waals surface area (Å²) in [5.41, 5.74) is 1.95. The molecule has 3 aromatic rings. The summed E-state index contributed by atoms with van der Waals surface area (Å²) in [6.45, 7) is 2.56. The smallest absolute Gasteiger partial charge is 0.295 e. The summed E-state index contributed by atoms with van der Waals surface area (Å²) in [6.07, 6.45) is 0. The van der Waals surface area contributed by atoms with E-state index in [1.165, 1.54) is 4.90 Å². The number of carbonyl (C=O) groups excluding carboxylic acids is 2. The molecule has 0 bridgehead atoms. The van der Waals surface area contributed by atoms with E-state index < -0.39 is 17.7 Å². The molecule has 0 spiro atoms. The molecule has 0 aromatic heterocycles. The first-order valence-corrected chi connectivity index (χ1v) is 11.6. The number of ether oxygens (including phenoxy) is 2. The molecular weight excluding hydrogens is 498 g/mol. The van der Waals surface area contributed by atoms with Gasteiger partial charge in [-0.15, -0.1) is 0 Å². The Kier molecular flexibility index (Phi) is 7.03. The molecule has 0 radical (unpaired) electrons. The topological polar surface area (TPSA) is 76.1 Å². The molecule has 0 aliphatic carbocycles. The molecule has 0 saturated carbocycles. The second-order valence-corrected chi connectivity index (χ2v) is 8.66. The summed E-state index contributed by atoms with van der Waals surface area (Å²) in [4.78, 5) is 27.9. The van der Waals surface area contributed by atoms with Crippen LogP contribution in [0, 0.1) is 0 Å². The first-order valence-electron chi connectivity index (χ1n) is 10.8.